The van der Waals surface area contributed by atoms with E-state index in [2.05, 4.69) is 5.32 Å². The maximum Gasteiger partial charge on any atom is 0.251 e. The van der Waals surface area contributed by atoms with E-state index in [9.17, 15) is 13.2 Å². The molecule has 2 aromatic carbocycles. The molecule has 6 heteroatoms. The van der Waals surface area contributed by atoms with Crippen LogP contribution in [0.1, 0.15) is 34.8 Å². The van der Waals surface area contributed by atoms with Crippen molar-refractivity contribution in [1.82, 2.24) is 9.62 Å². The van der Waals surface area contributed by atoms with Gasteiger partial charge in [0.2, 0.25) is 10.0 Å². The lowest BCUT2D eigenvalue weighted by atomic mass is 10.0. The second-order valence-electron chi connectivity index (χ2n) is 6.51. The zero-order valence-corrected chi connectivity index (χ0v) is 15.2. The van der Waals surface area contributed by atoms with Gasteiger partial charge in [-0.05, 0) is 48.6 Å². The molecule has 0 radical (unpaired) electrons. The van der Waals surface area contributed by atoms with Gasteiger partial charge < -0.3 is 5.32 Å². The Morgan fingerprint density at radius 2 is 1.64 bits per heavy atom. The molecule has 1 N–H and O–H groups in total. The summed E-state index contributed by atoms with van der Waals surface area (Å²) in [6.45, 7) is 0. The van der Waals surface area contributed by atoms with Gasteiger partial charge in [0.25, 0.3) is 5.91 Å². The SMILES string of the molecule is CN(C)S(=O)(=O)c1ccc(C(=O)N[C@H](c2ccccc2)C2CC2)cc1. The quantitative estimate of drug-likeness (QED) is 0.863. The first kappa shape index (κ1) is 17.6. The Balaban J connectivity index is 1.77. The van der Waals surface area contributed by atoms with Crippen molar-refractivity contribution >= 4 is 15.9 Å². The Hall–Kier alpha value is -2.18. The van der Waals surface area contributed by atoms with Gasteiger partial charge in [-0.15, -0.1) is 0 Å². The van der Waals surface area contributed by atoms with Crippen molar-refractivity contribution in [3.05, 3.63) is 65.7 Å². The molecule has 0 heterocycles. The van der Waals surface area contributed by atoms with Gasteiger partial charge in [0.1, 0.15) is 0 Å². The smallest absolute Gasteiger partial charge is 0.251 e. The molecule has 1 saturated carbocycles. The fourth-order valence-electron chi connectivity index (χ4n) is 2.78. The molecule has 5 nitrogen and oxygen atoms in total. The maximum absolute atomic E-state index is 12.6. The third-order valence-electron chi connectivity index (χ3n) is 4.43. The van der Waals surface area contributed by atoms with Crippen molar-refractivity contribution < 1.29 is 13.2 Å². The Morgan fingerprint density at radius 3 is 2.16 bits per heavy atom. The van der Waals surface area contributed by atoms with E-state index in [4.69, 9.17) is 0 Å². The van der Waals surface area contributed by atoms with E-state index in [-0.39, 0.29) is 16.8 Å². The van der Waals surface area contributed by atoms with Crippen LogP contribution in [0.5, 0.6) is 0 Å². The lowest BCUT2D eigenvalue weighted by molar-refractivity contribution is 0.0931. The van der Waals surface area contributed by atoms with Crippen LogP contribution in [0.4, 0.5) is 0 Å². The Labute approximate surface area is 148 Å². The molecule has 3 rings (SSSR count). The van der Waals surface area contributed by atoms with Crippen LogP contribution >= 0.6 is 0 Å². The summed E-state index contributed by atoms with van der Waals surface area (Å²) in [4.78, 5) is 12.8. The van der Waals surface area contributed by atoms with Crippen molar-refractivity contribution in [2.75, 3.05) is 14.1 Å². The van der Waals surface area contributed by atoms with E-state index in [1.165, 1.54) is 26.2 Å². The third-order valence-corrected chi connectivity index (χ3v) is 6.26. The molecular weight excluding hydrogens is 336 g/mol. The summed E-state index contributed by atoms with van der Waals surface area (Å²) in [5.41, 5.74) is 1.56. The second kappa shape index (κ2) is 6.98. The van der Waals surface area contributed by atoms with Crippen molar-refractivity contribution in [2.45, 2.75) is 23.8 Å². The maximum atomic E-state index is 12.6. The summed E-state index contributed by atoms with van der Waals surface area (Å²) in [5, 5.41) is 3.09. The predicted molar refractivity (Wildman–Crippen MR) is 96.7 cm³/mol. The number of nitrogens with zero attached hydrogens (tertiary/aromatic N) is 1. The summed E-state index contributed by atoms with van der Waals surface area (Å²) in [7, 11) is -0.523. The van der Waals surface area contributed by atoms with Gasteiger partial charge in [-0.25, -0.2) is 12.7 Å². The third kappa shape index (κ3) is 3.91. The van der Waals surface area contributed by atoms with E-state index in [0.29, 0.717) is 11.5 Å². The van der Waals surface area contributed by atoms with Crippen LogP contribution < -0.4 is 5.32 Å². The normalized spacial score (nSPS) is 15.8. The average Bonchev–Trinajstić information content (AvgIpc) is 3.45. The monoisotopic (exact) mass is 358 g/mol. The van der Waals surface area contributed by atoms with E-state index in [0.717, 1.165) is 22.7 Å². The average molecular weight is 358 g/mol. The molecule has 1 amide bonds. The first-order chi connectivity index (χ1) is 11.9. The Kier molecular flexibility index (Phi) is 4.92. The minimum Gasteiger partial charge on any atom is -0.345 e. The highest BCUT2D eigenvalue weighted by atomic mass is 32.2. The van der Waals surface area contributed by atoms with Crippen LogP contribution in [0.15, 0.2) is 59.5 Å². The summed E-state index contributed by atoms with van der Waals surface area (Å²) in [6.07, 6.45) is 2.22. The standard InChI is InChI=1S/C19H22N2O3S/c1-21(2)25(23,24)17-12-10-16(11-13-17)19(22)20-18(15-8-9-15)14-6-4-3-5-7-14/h3-7,10-13,15,18H,8-9H2,1-2H3,(H,20,22)/t18-/m1/s1. The Bertz CT molecular complexity index is 842. The van der Waals surface area contributed by atoms with E-state index in [1.54, 1.807) is 12.1 Å². The summed E-state index contributed by atoms with van der Waals surface area (Å²) < 4.78 is 25.4. The summed E-state index contributed by atoms with van der Waals surface area (Å²) in [6, 6.07) is 16.0. The number of benzene rings is 2. The lowest BCUT2D eigenvalue weighted by Gasteiger charge is -2.19. The van der Waals surface area contributed by atoms with Crippen LogP contribution in [0, 0.1) is 5.92 Å². The fourth-order valence-corrected chi connectivity index (χ4v) is 3.68. The molecule has 2 aromatic rings. The molecule has 0 unspecified atom stereocenters. The van der Waals surface area contributed by atoms with Crippen LogP contribution in [0.2, 0.25) is 0 Å². The molecule has 1 aliphatic carbocycles. The van der Waals surface area contributed by atoms with Crippen LogP contribution in [-0.4, -0.2) is 32.7 Å². The van der Waals surface area contributed by atoms with Gasteiger partial charge in [-0.1, -0.05) is 30.3 Å². The second-order valence-corrected chi connectivity index (χ2v) is 8.66. The van der Waals surface area contributed by atoms with Crippen LogP contribution in [0.3, 0.4) is 0 Å². The van der Waals surface area contributed by atoms with Crippen molar-refractivity contribution in [3.63, 3.8) is 0 Å². The molecule has 1 atom stereocenters. The highest BCUT2D eigenvalue weighted by Gasteiger charge is 2.33. The molecule has 132 valence electrons. The number of nitrogens with one attached hydrogen (secondary N) is 1. The first-order valence-electron chi connectivity index (χ1n) is 8.28. The van der Waals surface area contributed by atoms with E-state index in [1.807, 2.05) is 30.3 Å². The minimum atomic E-state index is -3.49. The van der Waals surface area contributed by atoms with Crippen molar-refractivity contribution in [1.29, 1.82) is 0 Å². The molecule has 0 bridgehead atoms. The number of hydrogen-bond acceptors (Lipinski definition) is 3. The molecular formula is C19H22N2O3S. The molecule has 0 aromatic heterocycles. The minimum absolute atomic E-state index is 0.00103. The van der Waals surface area contributed by atoms with Crippen LogP contribution in [0.25, 0.3) is 0 Å². The zero-order valence-electron chi connectivity index (χ0n) is 14.3. The fraction of sp³-hybridized carbons (Fsp3) is 0.316. The van der Waals surface area contributed by atoms with E-state index < -0.39 is 10.0 Å². The van der Waals surface area contributed by atoms with Crippen molar-refractivity contribution in [2.24, 2.45) is 5.92 Å². The molecule has 1 fully saturated rings. The molecule has 0 spiro atoms. The lowest BCUT2D eigenvalue weighted by Crippen LogP contribution is -2.30. The van der Waals surface area contributed by atoms with Crippen molar-refractivity contribution in [3.8, 4) is 0 Å². The number of rotatable bonds is 6. The topological polar surface area (TPSA) is 66.5 Å². The first-order valence-corrected chi connectivity index (χ1v) is 9.72. The van der Waals surface area contributed by atoms with Crippen LogP contribution in [-0.2, 0) is 10.0 Å². The van der Waals surface area contributed by atoms with Gasteiger partial charge in [-0.3, -0.25) is 4.79 Å². The largest absolute Gasteiger partial charge is 0.345 e. The highest BCUT2D eigenvalue weighted by molar-refractivity contribution is 7.89. The highest BCUT2D eigenvalue weighted by Crippen LogP contribution is 2.41. The van der Waals surface area contributed by atoms with Gasteiger partial charge in [0.15, 0.2) is 0 Å². The van der Waals surface area contributed by atoms with Gasteiger partial charge in [-0.2, -0.15) is 0 Å². The number of sulfonamides is 1. The van der Waals surface area contributed by atoms with Gasteiger partial charge in [0.05, 0.1) is 10.9 Å². The Morgan fingerprint density at radius 1 is 1.04 bits per heavy atom. The van der Waals surface area contributed by atoms with Gasteiger partial charge in [0, 0.05) is 19.7 Å². The number of amides is 1. The van der Waals surface area contributed by atoms with E-state index >= 15 is 0 Å². The number of carbonyl (C=O) groups excluding carboxylic acids is 1. The molecule has 0 saturated heterocycles. The molecule has 25 heavy (non-hydrogen) atoms. The number of hydrogen-bond donors (Lipinski definition) is 1. The predicted octanol–water partition coefficient (Wildman–Crippen LogP) is 2.82. The van der Waals surface area contributed by atoms with Gasteiger partial charge >= 0.3 is 0 Å². The number of carbonyl (C=O) groups is 1. The molecule has 0 aliphatic heterocycles. The molecule has 1 aliphatic rings. The summed E-state index contributed by atoms with van der Waals surface area (Å²) in [5.74, 6) is 0.286. The summed E-state index contributed by atoms with van der Waals surface area (Å²) >= 11 is 0. The zero-order chi connectivity index (χ0) is 18.0.